The molecule has 0 spiro atoms. The molecule has 0 saturated heterocycles. The van der Waals surface area contributed by atoms with E-state index in [0.29, 0.717) is 13.1 Å². The van der Waals surface area contributed by atoms with Gasteiger partial charge in [-0.1, -0.05) is 0 Å². The van der Waals surface area contributed by atoms with Gasteiger partial charge < -0.3 is 11.5 Å². The van der Waals surface area contributed by atoms with Crippen LogP contribution in [0.4, 0.5) is 4.79 Å². The Kier molecular flexibility index (Phi) is 2.90. The fourth-order valence-corrected chi connectivity index (χ4v) is 0.249. The average Bonchev–Trinajstić information content (AvgIpc) is 1.67. The number of carbonyl (C=O) groups excluding carboxylic acids is 1. The normalized spacial score (nSPS) is 8.75. The highest BCUT2D eigenvalue weighted by Gasteiger charge is 1.98. The molecule has 0 aliphatic heterocycles. The van der Waals surface area contributed by atoms with Gasteiger partial charge in [0.2, 0.25) is 0 Å². The van der Waals surface area contributed by atoms with Gasteiger partial charge in [0, 0.05) is 6.54 Å². The van der Waals surface area contributed by atoms with Crippen LogP contribution in [0.3, 0.4) is 0 Å². The molecule has 0 aliphatic carbocycles. The molecule has 0 aromatic carbocycles. The van der Waals surface area contributed by atoms with E-state index in [4.69, 9.17) is 17.3 Å². The van der Waals surface area contributed by atoms with Crippen LogP contribution >= 0.6 is 0 Å². The fraction of sp³-hybridized carbons (Fsp3) is 0.667. The molecule has 0 aliphatic rings. The Balaban J connectivity index is 3.32. The summed E-state index contributed by atoms with van der Waals surface area (Å²) < 4.78 is 0. The maximum absolute atomic E-state index is 10.1. The molecule has 0 rings (SSSR count). The molecule has 6 N–H and O–H groups in total. The zero-order chi connectivity index (χ0) is 6.57. The molecule has 0 bridgehead atoms. The number of hydrogen-bond acceptors (Lipinski definition) is 3. The van der Waals surface area contributed by atoms with E-state index in [2.05, 4.69) is 0 Å². The number of nitrogens with zero attached hydrogens (tertiary/aromatic N) is 1. The summed E-state index contributed by atoms with van der Waals surface area (Å²) in [5, 5.41) is 0.861. The Hall–Kier alpha value is -0.810. The molecule has 0 aromatic rings. The monoisotopic (exact) mass is 118 g/mol. The van der Waals surface area contributed by atoms with Crippen LogP contribution in [0.15, 0.2) is 0 Å². The van der Waals surface area contributed by atoms with Crippen molar-refractivity contribution in [3.63, 3.8) is 0 Å². The number of nitrogens with two attached hydrogens (primary N) is 3. The second kappa shape index (κ2) is 3.23. The second-order valence-corrected chi connectivity index (χ2v) is 1.32. The molecule has 0 saturated carbocycles. The van der Waals surface area contributed by atoms with Crippen LogP contribution in [-0.4, -0.2) is 24.1 Å². The van der Waals surface area contributed by atoms with Gasteiger partial charge in [-0.2, -0.15) is 0 Å². The summed E-state index contributed by atoms with van der Waals surface area (Å²) in [5.41, 5.74) is 9.77. The van der Waals surface area contributed by atoms with Crippen LogP contribution in [0, 0.1) is 0 Å². The molecule has 5 heteroatoms. The van der Waals surface area contributed by atoms with Gasteiger partial charge in [-0.3, -0.25) is 5.01 Å². The summed E-state index contributed by atoms with van der Waals surface area (Å²) in [4.78, 5) is 10.1. The summed E-state index contributed by atoms with van der Waals surface area (Å²) in [6, 6.07) is -0.657. The Morgan fingerprint density at radius 1 is 1.62 bits per heavy atom. The van der Waals surface area contributed by atoms with Crippen molar-refractivity contribution in [1.29, 1.82) is 0 Å². The van der Waals surface area contributed by atoms with Gasteiger partial charge in [-0.15, -0.1) is 0 Å². The molecule has 0 heterocycles. The lowest BCUT2D eigenvalue weighted by molar-refractivity contribution is 0.210. The van der Waals surface area contributed by atoms with E-state index >= 15 is 0 Å². The number of rotatable bonds is 2. The van der Waals surface area contributed by atoms with Crippen molar-refractivity contribution in [2.75, 3.05) is 13.1 Å². The first-order valence-corrected chi connectivity index (χ1v) is 2.20. The van der Waals surface area contributed by atoms with Crippen LogP contribution in [-0.2, 0) is 0 Å². The van der Waals surface area contributed by atoms with E-state index in [0.717, 1.165) is 5.01 Å². The first-order chi connectivity index (χ1) is 3.68. The van der Waals surface area contributed by atoms with Crippen LogP contribution in [0.25, 0.3) is 0 Å². The summed E-state index contributed by atoms with van der Waals surface area (Å²) >= 11 is 0. The van der Waals surface area contributed by atoms with E-state index in [-0.39, 0.29) is 0 Å². The van der Waals surface area contributed by atoms with Crippen molar-refractivity contribution in [2.24, 2.45) is 17.3 Å². The summed E-state index contributed by atoms with van der Waals surface area (Å²) in [6.45, 7) is 0.634. The molecule has 5 nitrogen and oxygen atoms in total. The Morgan fingerprint density at radius 3 is 2.25 bits per heavy atom. The predicted molar refractivity (Wildman–Crippen MR) is 29.5 cm³/mol. The van der Waals surface area contributed by atoms with Crippen LogP contribution in [0.1, 0.15) is 0 Å². The number of hydrazine groups is 1. The minimum absolute atomic E-state index is 0.301. The quantitative estimate of drug-likeness (QED) is 0.226. The lowest BCUT2D eigenvalue weighted by Crippen LogP contribution is -2.44. The number of amides is 2. The summed E-state index contributed by atoms with van der Waals surface area (Å²) in [6.07, 6.45) is 0. The Bertz CT molecular complexity index is 83.4. The number of carbonyl (C=O) groups is 1. The van der Waals surface area contributed by atoms with Crippen LogP contribution < -0.4 is 17.3 Å². The third-order valence-electron chi connectivity index (χ3n) is 0.653. The fourth-order valence-electron chi connectivity index (χ4n) is 0.249. The first kappa shape index (κ1) is 7.19. The molecule has 0 aromatic heterocycles. The minimum Gasteiger partial charge on any atom is -0.350 e. The summed E-state index contributed by atoms with van der Waals surface area (Å²) in [5.74, 6) is 5.01. The average molecular weight is 118 g/mol. The zero-order valence-electron chi connectivity index (χ0n) is 4.50. The van der Waals surface area contributed by atoms with Gasteiger partial charge in [-0.25, -0.2) is 10.6 Å². The maximum Gasteiger partial charge on any atom is 0.328 e. The molecule has 0 fully saturated rings. The first-order valence-electron chi connectivity index (χ1n) is 2.20. The highest BCUT2D eigenvalue weighted by Crippen LogP contribution is 1.70. The van der Waals surface area contributed by atoms with Gasteiger partial charge in [-0.05, 0) is 0 Å². The molecule has 2 amide bonds. The van der Waals surface area contributed by atoms with Crippen molar-refractivity contribution in [2.45, 2.75) is 0 Å². The van der Waals surface area contributed by atoms with Crippen LogP contribution in [0.5, 0.6) is 0 Å². The molecule has 0 atom stereocenters. The number of hydrogen-bond donors (Lipinski definition) is 3. The lowest BCUT2D eigenvalue weighted by atomic mass is 10.6. The van der Waals surface area contributed by atoms with E-state index < -0.39 is 6.03 Å². The smallest absolute Gasteiger partial charge is 0.328 e. The van der Waals surface area contributed by atoms with Crippen molar-refractivity contribution in [1.82, 2.24) is 5.01 Å². The lowest BCUT2D eigenvalue weighted by Gasteiger charge is -2.10. The third-order valence-corrected chi connectivity index (χ3v) is 0.653. The number of urea groups is 1. The standard InChI is InChI=1S/C3H10N4O/c4-1-2-7(6)3(5)8/h1-2,4,6H2,(H2,5,8). The van der Waals surface area contributed by atoms with Gasteiger partial charge in [0.15, 0.2) is 0 Å². The SMILES string of the molecule is NCCN(N)C(N)=O. The van der Waals surface area contributed by atoms with Gasteiger partial charge in [0.25, 0.3) is 0 Å². The van der Waals surface area contributed by atoms with Crippen LogP contribution in [0.2, 0.25) is 0 Å². The van der Waals surface area contributed by atoms with Crippen molar-refractivity contribution in [3.8, 4) is 0 Å². The van der Waals surface area contributed by atoms with Gasteiger partial charge in [0.05, 0.1) is 6.54 Å². The van der Waals surface area contributed by atoms with Crippen molar-refractivity contribution < 1.29 is 4.79 Å². The Labute approximate surface area is 47.4 Å². The van der Waals surface area contributed by atoms with Gasteiger partial charge >= 0.3 is 6.03 Å². The molecule has 48 valence electrons. The van der Waals surface area contributed by atoms with Crippen molar-refractivity contribution in [3.05, 3.63) is 0 Å². The topological polar surface area (TPSA) is 98.4 Å². The number of primary amides is 1. The molecule has 0 radical (unpaired) electrons. The third kappa shape index (κ3) is 2.38. The molecule has 8 heavy (non-hydrogen) atoms. The summed E-state index contributed by atoms with van der Waals surface area (Å²) in [7, 11) is 0. The molecular formula is C3H10N4O. The zero-order valence-corrected chi connectivity index (χ0v) is 4.50. The van der Waals surface area contributed by atoms with Gasteiger partial charge in [0.1, 0.15) is 0 Å². The highest BCUT2D eigenvalue weighted by atomic mass is 16.2. The predicted octanol–water partition coefficient (Wildman–Crippen LogP) is -1.80. The van der Waals surface area contributed by atoms with E-state index in [9.17, 15) is 4.79 Å². The van der Waals surface area contributed by atoms with E-state index in [1.54, 1.807) is 0 Å². The minimum atomic E-state index is -0.657. The van der Waals surface area contributed by atoms with E-state index in [1.165, 1.54) is 0 Å². The van der Waals surface area contributed by atoms with E-state index in [1.807, 2.05) is 0 Å². The second-order valence-electron chi connectivity index (χ2n) is 1.32. The molecular weight excluding hydrogens is 108 g/mol. The molecule has 0 unspecified atom stereocenters. The highest BCUT2D eigenvalue weighted by molar-refractivity contribution is 5.71. The van der Waals surface area contributed by atoms with Crippen molar-refractivity contribution >= 4 is 6.03 Å². The maximum atomic E-state index is 10.1. The Morgan fingerprint density at radius 2 is 2.12 bits per heavy atom. The largest absolute Gasteiger partial charge is 0.350 e.